The highest BCUT2D eigenvalue weighted by molar-refractivity contribution is 5.40. The van der Waals surface area contributed by atoms with E-state index in [4.69, 9.17) is 14.7 Å². The van der Waals surface area contributed by atoms with E-state index in [9.17, 15) is 13.2 Å². The van der Waals surface area contributed by atoms with Gasteiger partial charge in [-0.05, 0) is 58.4 Å². The summed E-state index contributed by atoms with van der Waals surface area (Å²) in [4.78, 5) is 5.44. The molecule has 2 fully saturated rings. The van der Waals surface area contributed by atoms with Gasteiger partial charge in [0, 0.05) is 25.5 Å². The van der Waals surface area contributed by atoms with Gasteiger partial charge in [-0.2, -0.15) is 18.4 Å². The molecule has 0 bridgehead atoms. The fourth-order valence-corrected chi connectivity index (χ4v) is 4.04. The van der Waals surface area contributed by atoms with Crippen LogP contribution in [0.1, 0.15) is 57.9 Å². The van der Waals surface area contributed by atoms with E-state index in [1.807, 2.05) is 0 Å². The second kappa shape index (κ2) is 8.88. The summed E-state index contributed by atoms with van der Waals surface area (Å²) in [5.41, 5.74) is -1.37. The first-order valence-electron chi connectivity index (χ1n) is 10.2. The second-order valence-electron chi connectivity index (χ2n) is 8.38. The van der Waals surface area contributed by atoms with E-state index in [-0.39, 0.29) is 18.3 Å². The third-order valence-electron chi connectivity index (χ3n) is 6.13. The molecule has 0 unspecified atom stereocenters. The molecular formula is C21H28F3N3O2. The smallest absolute Gasteiger partial charge is 0.406 e. The molecule has 1 aromatic rings. The molecule has 1 aliphatic heterocycles. The van der Waals surface area contributed by atoms with E-state index in [0.29, 0.717) is 37.2 Å². The molecule has 0 atom stereocenters. The summed E-state index contributed by atoms with van der Waals surface area (Å²) < 4.78 is 51.8. The molecule has 0 spiro atoms. The summed E-state index contributed by atoms with van der Waals surface area (Å²) in [6, 6.07) is 3.79. The van der Waals surface area contributed by atoms with Gasteiger partial charge in [0.1, 0.15) is 22.9 Å². The average Bonchev–Trinajstić information content (AvgIpc) is 2.69. The first-order valence-corrected chi connectivity index (χ1v) is 10.2. The molecule has 0 amide bonds. The van der Waals surface area contributed by atoms with Crippen LogP contribution in [0.2, 0.25) is 0 Å². The molecule has 0 aromatic carbocycles. The number of aromatic nitrogens is 1. The molecule has 1 aliphatic carbocycles. The van der Waals surface area contributed by atoms with Crippen LogP contribution in [0.4, 0.5) is 13.2 Å². The van der Waals surface area contributed by atoms with Gasteiger partial charge in [-0.15, -0.1) is 0 Å². The largest absolute Gasteiger partial charge is 0.489 e. The van der Waals surface area contributed by atoms with Crippen LogP contribution in [0.15, 0.2) is 18.5 Å². The maximum absolute atomic E-state index is 13.2. The summed E-state index contributed by atoms with van der Waals surface area (Å²) in [6.07, 6.45) is 3.66. The SMILES string of the molecule is CC(C)(N1CCC(O[C@H]2CC[C@H](Oc3ccncc3C#N)CC2)CC1)C(F)(F)F. The topological polar surface area (TPSA) is 58.4 Å². The third-order valence-corrected chi connectivity index (χ3v) is 6.13. The number of hydrogen-bond donors (Lipinski definition) is 0. The predicted molar refractivity (Wildman–Crippen MR) is 101 cm³/mol. The number of hydrogen-bond acceptors (Lipinski definition) is 5. The average molecular weight is 411 g/mol. The maximum Gasteiger partial charge on any atom is 0.406 e. The minimum atomic E-state index is -4.24. The lowest BCUT2D eigenvalue weighted by atomic mass is 9.93. The number of alkyl halides is 3. The van der Waals surface area contributed by atoms with Gasteiger partial charge >= 0.3 is 6.18 Å². The van der Waals surface area contributed by atoms with Crippen LogP contribution in [-0.4, -0.2) is 53.0 Å². The Labute approximate surface area is 169 Å². The van der Waals surface area contributed by atoms with E-state index < -0.39 is 11.7 Å². The van der Waals surface area contributed by atoms with Crippen LogP contribution in [0.5, 0.6) is 5.75 Å². The Morgan fingerprint density at radius 3 is 2.21 bits per heavy atom. The summed E-state index contributed by atoms with van der Waals surface area (Å²) in [6.45, 7) is 3.29. The van der Waals surface area contributed by atoms with E-state index in [2.05, 4.69) is 11.1 Å². The van der Waals surface area contributed by atoms with Crippen molar-refractivity contribution in [3.05, 3.63) is 24.0 Å². The standard InChI is InChI=1S/C21H28F3N3O2/c1-20(2,21(22,23)24)27-11-8-18(9-12-27)28-16-3-5-17(6-4-16)29-19-7-10-26-14-15(19)13-25/h7,10,14,16-18H,3-6,8-9,11-12H2,1-2H3/t16-,17-. The van der Waals surface area contributed by atoms with Gasteiger partial charge in [0.05, 0.1) is 18.3 Å². The zero-order chi connectivity index (χ0) is 21.1. The summed E-state index contributed by atoms with van der Waals surface area (Å²) in [7, 11) is 0. The van der Waals surface area contributed by atoms with Crippen LogP contribution in [0.3, 0.4) is 0 Å². The van der Waals surface area contributed by atoms with Crippen molar-refractivity contribution < 1.29 is 22.6 Å². The summed E-state index contributed by atoms with van der Waals surface area (Å²) in [5.74, 6) is 0.562. The number of pyridine rings is 1. The summed E-state index contributed by atoms with van der Waals surface area (Å²) >= 11 is 0. The Morgan fingerprint density at radius 1 is 1.03 bits per heavy atom. The van der Waals surface area contributed by atoms with E-state index in [0.717, 1.165) is 25.7 Å². The number of nitriles is 1. The van der Waals surface area contributed by atoms with Crippen LogP contribution >= 0.6 is 0 Å². The maximum atomic E-state index is 13.2. The molecule has 8 heteroatoms. The lowest BCUT2D eigenvalue weighted by molar-refractivity contribution is -0.226. The van der Waals surface area contributed by atoms with Crippen molar-refractivity contribution in [2.75, 3.05) is 13.1 Å². The van der Waals surface area contributed by atoms with Crippen molar-refractivity contribution >= 4 is 0 Å². The van der Waals surface area contributed by atoms with Gasteiger partial charge in [0.2, 0.25) is 0 Å². The molecule has 5 nitrogen and oxygen atoms in total. The third kappa shape index (κ3) is 5.20. The highest BCUT2D eigenvalue weighted by Gasteiger charge is 2.51. The lowest BCUT2D eigenvalue weighted by Gasteiger charge is -2.44. The van der Waals surface area contributed by atoms with Gasteiger partial charge in [-0.1, -0.05) is 0 Å². The molecule has 2 heterocycles. The van der Waals surface area contributed by atoms with Gasteiger partial charge in [-0.3, -0.25) is 9.88 Å². The Bertz CT molecular complexity index is 717. The normalized spacial score (nSPS) is 24.8. The molecule has 2 aliphatic rings. The van der Waals surface area contributed by atoms with Crippen molar-refractivity contribution in [3.8, 4) is 11.8 Å². The molecular weight excluding hydrogens is 383 g/mol. The minimum absolute atomic E-state index is 0.0168. The fraction of sp³-hybridized carbons (Fsp3) is 0.714. The first kappa shape index (κ1) is 21.8. The van der Waals surface area contributed by atoms with Gasteiger partial charge in [0.15, 0.2) is 0 Å². The zero-order valence-electron chi connectivity index (χ0n) is 16.9. The Hall–Kier alpha value is -1.85. The molecule has 0 radical (unpaired) electrons. The first-order chi connectivity index (χ1) is 13.7. The number of likely N-dealkylation sites (tertiary alicyclic amines) is 1. The number of nitrogens with zero attached hydrogens (tertiary/aromatic N) is 3. The van der Waals surface area contributed by atoms with Crippen LogP contribution in [0, 0.1) is 11.3 Å². The number of rotatable bonds is 5. The zero-order valence-corrected chi connectivity index (χ0v) is 16.9. The number of piperidine rings is 1. The van der Waals surface area contributed by atoms with Crippen LogP contribution in [-0.2, 0) is 4.74 Å². The predicted octanol–water partition coefficient (Wildman–Crippen LogP) is 4.47. The Kier molecular flexibility index (Phi) is 6.69. The Morgan fingerprint density at radius 2 is 1.62 bits per heavy atom. The Balaban J connectivity index is 1.42. The van der Waals surface area contributed by atoms with Crippen molar-refractivity contribution in [3.63, 3.8) is 0 Å². The molecule has 0 N–H and O–H groups in total. The van der Waals surface area contributed by atoms with Crippen molar-refractivity contribution in [2.45, 2.75) is 82.4 Å². The van der Waals surface area contributed by atoms with Gasteiger partial charge in [0.25, 0.3) is 0 Å². The van der Waals surface area contributed by atoms with Gasteiger partial charge in [-0.25, -0.2) is 0 Å². The molecule has 29 heavy (non-hydrogen) atoms. The van der Waals surface area contributed by atoms with Crippen molar-refractivity contribution in [1.82, 2.24) is 9.88 Å². The number of ether oxygens (including phenoxy) is 2. The highest BCUT2D eigenvalue weighted by atomic mass is 19.4. The van der Waals surface area contributed by atoms with E-state index in [1.54, 1.807) is 12.3 Å². The quantitative estimate of drug-likeness (QED) is 0.716. The minimum Gasteiger partial charge on any atom is -0.489 e. The highest BCUT2D eigenvalue weighted by Crippen LogP contribution is 2.37. The monoisotopic (exact) mass is 411 g/mol. The molecule has 1 aromatic heterocycles. The second-order valence-corrected chi connectivity index (χ2v) is 8.38. The summed E-state index contributed by atoms with van der Waals surface area (Å²) in [5, 5.41) is 9.13. The van der Waals surface area contributed by atoms with Crippen molar-refractivity contribution in [2.24, 2.45) is 0 Å². The number of halogens is 3. The lowest BCUT2D eigenvalue weighted by Crippen LogP contribution is -2.57. The van der Waals surface area contributed by atoms with Gasteiger partial charge < -0.3 is 9.47 Å². The molecule has 3 rings (SSSR count). The fourth-order valence-electron chi connectivity index (χ4n) is 4.04. The van der Waals surface area contributed by atoms with E-state index in [1.165, 1.54) is 24.9 Å². The van der Waals surface area contributed by atoms with Crippen molar-refractivity contribution in [1.29, 1.82) is 5.26 Å². The molecule has 1 saturated carbocycles. The molecule has 1 saturated heterocycles. The van der Waals surface area contributed by atoms with Crippen LogP contribution < -0.4 is 4.74 Å². The van der Waals surface area contributed by atoms with E-state index >= 15 is 0 Å². The molecule has 160 valence electrons. The van der Waals surface area contributed by atoms with Crippen LogP contribution in [0.25, 0.3) is 0 Å².